The predicted molar refractivity (Wildman–Crippen MR) is 72.7 cm³/mol. The van der Waals surface area contributed by atoms with E-state index in [9.17, 15) is 9.59 Å². The number of hydrogen-bond acceptors (Lipinski definition) is 3. The maximum absolute atomic E-state index is 11.8. The second-order valence-electron chi connectivity index (χ2n) is 4.78. The Morgan fingerprint density at radius 2 is 2.10 bits per heavy atom. The molecule has 2 aromatic rings. The van der Waals surface area contributed by atoms with Gasteiger partial charge in [-0.1, -0.05) is 12.1 Å². The van der Waals surface area contributed by atoms with Crippen molar-refractivity contribution in [2.24, 2.45) is 7.05 Å². The van der Waals surface area contributed by atoms with Crippen LogP contribution in [0.15, 0.2) is 24.3 Å². The van der Waals surface area contributed by atoms with Crippen LogP contribution in [0.5, 0.6) is 0 Å². The molecule has 1 aliphatic heterocycles. The van der Waals surface area contributed by atoms with Gasteiger partial charge >= 0.3 is 5.97 Å². The Kier molecular flexibility index (Phi) is 2.60. The standard InChI is InChI=1S/C14H13N3O3/c1-16-11-5-3-4-8(9(11)6-13(16)18)12-7-10(14(19)20)15-17(12)2/h3-5,7H,6H2,1-2H3,(H,19,20). The second-order valence-corrected chi connectivity index (χ2v) is 4.78. The number of likely N-dealkylation sites (N-methyl/N-ethyl adjacent to an activating group) is 1. The van der Waals surface area contributed by atoms with Gasteiger partial charge in [0.25, 0.3) is 0 Å². The first-order valence-electron chi connectivity index (χ1n) is 6.15. The minimum atomic E-state index is -1.06. The Labute approximate surface area is 115 Å². The van der Waals surface area contributed by atoms with Crippen molar-refractivity contribution in [1.29, 1.82) is 0 Å². The summed E-state index contributed by atoms with van der Waals surface area (Å²) >= 11 is 0. The minimum Gasteiger partial charge on any atom is -0.476 e. The number of aromatic nitrogens is 2. The number of nitrogens with zero attached hydrogens (tertiary/aromatic N) is 3. The Hall–Kier alpha value is -2.63. The number of carbonyl (C=O) groups is 2. The van der Waals surface area contributed by atoms with Gasteiger partial charge in [0.2, 0.25) is 5.91 Å². The van der Waals surface area contributed by atoms with E-state index in [0.29, 0.717) is 12.1 Å². The summed E-state index contributed by atoms with van der Waals surface area (Å²) in [4.78, 5) is 24.4. The molecule has 2 heterocycles. The Bertz CT molecular complexity index is 733. The Morgan fingerprint density at radius 3 is 2.75 bits per heavy atom. The highest BCUT2D eigenvalue weighted by molar-refractivity contribution is 6.03. The highest BCUT2D eigenvalue weighted by atomic mass is 16.4. The van der Waals surface area contributed by atoms with Gasteiger partial charge in [-0.05, 0) is 17.7 Å². The monoisotopic (exact) mass is 271 g/mol. The highest BCUT2D eigenvalue weighted by Crippen LogP contribution is 2.35. The second kappa shape index (κ2) is 4.19. The van der Waals surface area contributed by atoms with E-state index in [1.54, 1.807) is 19.0 Å². The summed E-state index contributed by atoms with van der Waals surface area (Å²) in [6, 6.07) is 7.16. The van der Waals surface area contributed by atoms with Crippen molar-refractivity contribution in [2.75, 3.05) is 11.9 Å². The lowest BCUT2D eigenvalue weighted by molar-refractivity contribution is -0.117. The number of rotatable bonds is 2. The van der Waals surface area contributed by atoms with Crippen molar-refractivity contribution in [1.82, 2.24) is 9.78 Å². The van der Waals surface area contributed by atoms with Crippen molar-refractivity contribution in [3.05, 3.63) is 35.5 Å². The number of aryl methyl sites for hydroxylation is 1. The molecule has 3 rings (SSSR count). The van der Waals surface area contributed by atoms with Crippen LogP contribution >= 0.6 is 0 Å². The molecule has 0 atom stereocenters. The molecule has 0 saturated carbocycles. The number of aromatic carboxylic acids is 1. The molecule has 0 fully saturated rings. The van der Waals surface area contributed by atoms with E-state index in [0.717, 1.165) is 16.8 Å². The van der Waals surface area contributed by atoms with Gasteiger partial charge in [-0.2, -0.15) is 5.10 Å². The topological polar surface area (TPSA) is 75.4 Å². The summed E-state index contributed by atoms with van der Waals surface area (Å²) in [6.07, 6.45) is 0.329. The van der Waals surface area contributed by atoms with Gasteiger partial charge in [0.15, 0.2) is 5.69 Å². The number of hydrogen-bond donors (Lipinski definition) is 1. The quantitative estimate of drug-likeness (QED) is 0.893. The molecule has 0 unspecified atom stereocenters. The SMILES string of the molecule is CN1C(=O)Cc2c(-c3cc(C(=O)O)nn3C)cccc21. The highest BCUT2D eigenvalue weighted by Gasteiger charge is 2.27. The van der Waals surface area contributed by atoms with Crippen molar-refractivity contribution in [3.8, 4) is 11.3 Å². The van der Waals surface area contributed by atoms with Crippen LogP contribution in [0.25, 0.3) is 11.3 Å². The fraction of sp³-hybridized carbons (Fsp3) is 0.214. The zero-order valence-corrected chi connectivity index (χ0v) is 11.1. The number of amides is 1. The van der Waals surface area contributed by atoms with Gasteiger partial charge < -0.3 is 10.0 Å². The maximum atomic E-state index is 11.8. The summed E-state index contributed by atoms with van der Waals surface area (Å²) in [6.45, 7) is 0. The molecule has 0 radical (unpaired) electrons. The molecule has 0 bridgehead atoms. The summed E-state index contributed by atoms with van der Waals surface area (Å²) in [5, 5.41) is 13.0. The van der Waals surface area contributed by atoms with E-state index in [2.05, 4.69) is 5.10 Å². The van der Waals surface area contributed by atoms with Crippen LogP contribution in [-0.2, 0) is 18.3 Å². The van der Waals surface area contributed by atoms with Crippen molar-refractivity contribution in [3.63, 3.8) is 0 Å². The van der Waals surface area contributed by atoms with Crippen molar-refractivity contribution >= 4 is 17.6 Å². The van der Waals surface area contributed by atoms with Gasteiger partial charge in [0, 0.05) is 25.3 Å². The number of fused-ring (bicyclic) bond motifs is 1. The summed E-state index contributed by atoms with van der Waals surface area (Å²) in [5.41, 5.74) is 3.33. The van der Waals surface area contributed by atoms with Gasteiger partial charge in [-0.25, -0.2) is 4.79 Å². The van der Waals surface area contributed by atoms with E-state index in [1.165, 1.54) is 10.7 Å². The van der Waals surface area contributed by atoms with Crippen LogP contribution in [0.3, 0.4) is 0 Å². The number of carbonyl (C=O) groups excluding carboxylic acids is 1. The average molecular weight is 271 g/mol. The molecule has 1 aromatic carbocycles. The first kappa shape index (κ1) is 12.4. The molecule has 0 spiro atoms. The van der Waals surface area contributed by atoms with Gasteiger partial charge in [0.05, 0.1) is 12.1 Å². The molecule has 20 heavy (non-hydrogen) atoms. The van der Waals surface area contributed by atoms with E-state index >= 15 is 0 Å². The molecular formula is C14H13N3O3. The molecule has 1 aliphatic rings. The fourth-order valence-electron chi connectivity index (χ4n) is 2.54. The lowest BCUT2D eigenvalue weighted by atomic mass is 10.0. The molecule has 1 amide bonds. The molecule has 1 aromatic heterocycles. The first-order valence-corrected chi connectivity index (χ1v) is 6.15. The third-order valence-electron chi connectivity index (χ3n) is 3.59. The van der Waals surface area contributed by atoms with E-state index in [-0.39, 0.29) is 11.6 Å². The maximum Gasteiger partial charge on any atom is 0.356 e. The molecule has 6 heteroatoms. The zero-order valence-electron chi connectivity index (χ0n) is 11.1. The summed E-state index contributed by atoms with van der Waals surface area (Å²) in [7, 11) is 3.44. The minimum absolute atomic E-state index is 0.00205. The van der Waals surface area contributed by atoms with Crippen LogP contribution in [0, 0.1) is 0 Å². The first-order chi connectivity index (χ1) is 9.49. The number of carboxylic acid groups (broad SMARTS) is 1. The molecule has 102 valence electrons. The summed E-state index contributed by atoms with van der Waals surface area (Å²) in [5.74, 6) is -1.03. The molecule has 0 aliphatic carbocycles. The molecular weight excluding hydrogens is 258 g/mol. The largest absolute Gasteiger partial charge is 0.476 e. The predicted octanol–water partition coefficient (Wildman–Crippen LogP) is 1.30. The van der Waals surface area contributed by atoms with E-state index < -0.39 is 5.97 Å². The summed E-state index contributed by atoms with van der Waals surface area (Å²) < 4.78 is 1.53. The van der Waals surface area contributed by atoms with Crippen LogP contribution in [0.4, 0.5) is 5.69 Å². The lowest BCUT2D eigenvalue weighted by Crippen LogP contribution is -2.20. The van der Waals surface area contributed by atoms with Crippen LogP contribution in [0.2, 0.25) is 0 Å². The average Bonchev–Trinajstić information content (AvgIpc) is 2.92. The number of anilines is 1. The van der Waals surface area contributed by atoms with Gasteiger partial charge in [0.1, 0.15) is 0 Å². The Morgan fingerprint density at radius 1 is 1.35 bits per heavy atom. The van der Waals surface area contributed by atoms with Crippen molar-refractivity contribution < 1.29 is 14.7 Å². The molecule has 6 nitrogen and oxygen atoms in total. The third-order valence-corrected chi connectivity index (χ3v) is 3.59. The Balaban J connectivity index is 2.18. The van der Waals surface area contributed by atoms with Crippen molar-refractivity contribution in [2.45, 2.75) is 6.42 Å². The van der Waals surface area contributed by atoms with Crippen LogP contribution < -0.4 is 4.90 Å². The normalized spacial score (nSPS) is 13.7. The van der Waals surface area contributed by atoms with E-state index in [4.69, 9.17) is 5.11 Å². The molecule has 0 saturated heterocycles. The van der Waals surface area contributed by atoms with Gasteiger partial charge in [-0.15, -0.1) is 0 Å². The fourth-order valence-corrected chi connectivity index (χ4v) is 2.54. The zero-order chi connectivity index (χ0) is 14.4. The smallest absolute Gasteiger partial charge is 0.356 e. The lowest BCUT2D eigenvalue weighted by Gasteiger charge is -2.11. The van der Waals surface area contributed by atoms with E-state index in [1.807, 2.05) is 18.2 Å². The van der Waals surface area contributed by atoms with Crippen LogP contribution in [-0.4, -0.2) is 33.8 Å². The van der Waals surface area contributed by atoms with Crippen LogP contribution in [0.1, 0.15) is 16.1 Å². The molecule has 1 N–H and O–H groups in total. The number of benzene rings is 1. The van der Waals surface area contributed by atoms with Gasteiger partial charge in [-0.3, -0.25) is 9.48 Å². The third kappa shape index (κ3) is 1.69. The number of carboxylic acids is 1.